The largest absolute Gasteiger partial charge is 0.461 e. The highest BCUT2D eigenvalue weighted by molar-refractivity contribution is 7.18. The highest BCUT2D eigenvalue weighted by Crippen LogP contribution is 2.34. The summed E-state index contributed by atoms with van der Waals surface area (Å²) in [4.78, 5) is 29.2. The molecule has 0 bridgehead atoms. The fourth-order valence-electron chi connectivity index (χ4n) is 5.05. The van der Waals surface area contributed by atoms with Crippen LogP contribution in [0.25, 0.3) is 10.2 Å². The number of benzene rings is 2. The molecule has 0 spiro atoms. The number of fused-ring (bicyclic) bond motifs is 1. The molecule has 4 aromatic rings. The smallest absolute Gasteiger partial charge is 0.319 e. The molecule has 0 saturated carbocycles. The summed E-state index contributed by atoms with van der Waals surface area (Å²) in [6.07, 6.45) is 0.752. The summed E-state index contributed by atoms with van der Waals surface area (Å²) in [7, 11) is 0. The van der Waals surface area contributed by atoms with E-state index in [1.807, 2.05) is 67.3 Å². The fourth-order valence-corrected chi connectivity index (χ4v) is 6.00. The number of aromatic nitrogens is 2. The zero-order valence-electron chi connectivity index (χ0n) is 23.5. The lowest BCUT2D eigenvalue weighted by Gasteiger charge is -2.35. The van der Waals surface area contributed by atoms with Gasteiger partial charge in [-0.15, -0.1) is 11.3 Å². The Balaban J connectivity index is 1.14. The minimum Gasteiger partial charge on any atom is -0.461 e. The van der Waals surface area contributed by atoms with Crippen LogP contribution in [-0.2, 0) is 15.9 Å². The molecule has 0 unspecified atom stereocenters. The number of piperazine rings is 1. The predicted octanol–water partition coefficient (Wildman–Crippen LogP) is 5.54. The topological polar surface area (TPSA) is 86.3 Å². The van der Waals surface area contributed by atoms with Gasteiger partial charge in [0.05, 0.1) is 12.0 Å². The van der Waals surface area contributed by atoms with Gasteiger partial charge < -0.3 is 28.7 Å². The Morgan fingerprint density at radius 2 is 1.80 bits per heavy atom. The second-order valence-corrected chi connectivity index (χ2v) is 11.7. The molecule has 41 heavy (non-hydrogen) atoms. The van der Waals surface area contributed by atoms with Crippen molar-refractivity contribution in [3.63, 3.8) is 0 Å². The SMILES string of the molecule is CCc1cc2c(N3CCN(C(=O)c4cccc(Oc5ccccc5)c4)CC3)nc(OC[C@H]3COC(C)(C)O3)nc2s1. The van der Waals surface area contributed by atoms with E-state index < -0.39 is 5.79 Å². The fraction of sp³-hybridized carbons (Fsp3) is 0.387. The molecule has 6 rings (SSSR count). The van der Waals surface area contributed by atoms with E-state index in [0.29, 0.717) is 56.7 Å². The highest BCUT2D eigenvalue weighted by Gasteiger charge is 2.33. The number of anilines is 1. The van der Waals surface area contributed by atoms with E-state index >= 15 is 0 Å². The van der Waals surface area contributed by atoms with Crippen LogP contribution in [0.1, 0.15) is 36.0 Å². The van der Waals surface area contributed by atoms with Gasteiger partial charge in [0.15, 0.2) is 5.79 Å². The summed E-state index contributed by atoms with van der Waals surface area (Å²) >= 11 is 1.66. The Bertz CT molecular complexity index is 1520. The van der Waals surface area contributed by atoms with E-state index in [-0.39, 0.29) is 12.0 Å². The van der Waals surface area contributed by atoms with Crippen molar-refractivity contribution in [1.82, 2.24) is 14.9 Å². The van der Waals surface area contributed by atoms with Gasteiger partial charge >= 0.3 is 6.01 Å². The number of carbonyl (C=O) groups is 1. The Morgan fingerprint density at radius 3 is 2.54 bits per heavy atom. The molecular weight excluding hydrogens is 540 g/mol. The van der Waals surface area contributed by atoms with Gasteiger partial charge in [-0.2, -0.15) is 9.97 Å². The molecule has 2 saturated heterocycles. The number of para-hydroxylation sites is 1. The van der Waals surface area contributed by atoms with Gasteiger partial charge in [0, 0.05) is 36.6 Å². The Labute approximate surface area is 243 Å². The molecule has 0 N–H and O–H groups in total. The number of carbonyl (C=O) groups excluding carboxylic acids is 1. The summed E-state index contributed by atoms with van der Waals surface area (Å²) in [5, 5.41) is 1.02. The maximum atomic E-state index is 13.4. The third-order valence-corrected chi connectivity index (χ3v) is 8.32. The maximum absolute atomic E-state index is 13.4. The van der Waals surface area contributed by atoms with E-state index in [2.05, 4.69) is 17.9 Å². The third-order valence-electron chi connectivity index (χ3n) is 7.14. The quantitative estimate of drug-likeness (QED) is 0.271. The number of hydrogen-bond donors (Lipinski definition) is 0. The molecule has 2 aliphatic rings. The number of aryl methyl sites for hydroxylation is 1. The van der Waals surface area contributed by atoms with Gasteiger partial charge in [-0.3, -0.25) is 4.79 Å². The lowest BCUT2D eigenvalue weighted by Crippen LogP contribution is -2.49. The van der Waals surface area contributed by atoms with E-state index in [1.54, 1.807) is 17.4 Å². The number of nitrogens with zero attached hydrogens (tertiary/aromatic N) is 4. The van der Waals surface area contributed by atoms with Crippen LogP contribution < -0.4 is 14.4 Å². The molecule has 0 aliphatic carbocycles. The first kappa shape index (κ1) is 27.4. The average molecular weight is 575 g/mol. The van der Waals surface area contributed by atoms with Gasteiger partial charge in [0.2, 0.25) is 0 Å². The number of rotatable bonds is 8. The molecule has 0 radical (unpaired) electrons. The zero-order valence-corrected chi connectivity index (χ0v) is 24.4. The molecule has 2 aliphatic heterocycles. The van der Waals surface area contributed by atoms with Crippen LogP contribution in [0.4, 0.5) is 5.82 Å². The first-order valence-electron chi connectivity index (χ1n) is 14.0. The molecule has 4 heterocycles. The van der Waals surface area contributed by atoms with Crippen LogP contribution in [0.5, 0.6) is 17.5 Å². The minimum absolute atomic E-state index is 0.00877. The zero-order chi connectivity index (χ0) is 28.4. The Morgan fingerprint density at radius 1 is 1.02 bits per heavy atom. The van der Waals surface area contributed by atoms with E-state index in [0.717, 1.165) is 28.2 Å². The molecule has 2 fully saturated rings. The van der Waals surface area contributed by atoms with Crippen molar-refractivity contribution in [2.75, 3.05) is 44.3 Å². The standard InChI is InChI=1S/C31H34N4O5S/c1-4-25-18-26-27(32-30(33-28(26)41-25)37-19-24-20-38-31(2,3)40-24)34-13-15-35(16-14-34)29(36)21-9-8-12-23(17-21)39-22-10-6-5-7-11-22/h5-12,17-18,24H,4,13-16,19-20H2,1-3H3/t24-/m0/s1. The van der Waals surface area contributed by atoms with Crippen molar-refractivity contribution in [3.05, 3.63) is 71.1 Å². The van der Waals surface area contributed by atoms with Crippen LogP contribution in [0.15, 0.2) is 60.7 Å². The van der Waals surface area contributed by atoms with Crippen molar-refractivity contribution >= 4 is 33.3 Å². The summed E-state index contributed by atoms with van der Waals surface area (Å²) in [6.45, 7) is 9.18. The molecule has 1 amide bonds. The summed E-state index contributed by atoms with van der Waals surface area (Å²) in [6, 6.07) is 19.4. The molecule has 10 heteroatoms. The number of thiophene rings is 1. The number of hydrogen-bond acceptors (Lipinski definition) is 9. The predicted molar refractivity (Wildman–Crippen MR) is 158 cm³/mol. The van der Waals surface area contributed by atoms with Gasteiger partial charge in [-0.1, -0.05) is 31.2 Å². The summed E-state index contributed by atoms with van der Waals surface area (Å²) in [5.41, 5.74) is 0.610. The number of amides is 1. The van der Waals surface area contributed by atoms with Crippen LogP contribution in [0.3, 0.4) is 0 Å². The Kier molecular flexibility index (Phi) is 7.79. The summed E-state index contributed by atoms with van der Waals surface area (Å²) in [5.74, 6) is 1.60. The number of ether oxygens (including phenoxy) is 4. The van der Waals surface area contributed by atoms with Crippen molar-refractivity contribution in [1.29, 1.82) is 0 Å². The van der Waals surface area contributed by atoms with E-state index in [1.165, 1.54) is 4.88 Å². The lowest BCUT2D eigenvalue weighted by atomic mass is 10.1. The van der Waals surface area contributed by atoms with Crippen LogP contribution in [0, 0.1) is 0 Å². The molecule has 214 valence electrons. The lowest BCUT2D eigenvalue weighted by molar-refractivity contribution is -0.141. The van der Waals surface area contributed by atoms with Gasteiger partial charge in [0.25, 0.3) is 5.91 Å². The molecule has 1 atom stereocenters. The van der Waals surface area contributed by atoms with Crippen LogP contribution in [-0.4, -0.2) is 72.1 Å². The normalized spacial score (nSPS) is 18.6. The highest BCUT2D eigenvalue weighted by atomic mass is 32.1. The van der Waals surface area contributed by atoms with Gasteiger partial charge in [-0.05, 0) is 56.7 Å². The van der Waals surface area contributed by atoms with Crippen LogP contribution >= 0.6 is 11.3 Å². The van der Waals surface area contributed by atoms with Crippen LogP contribution in [0.2, 0.25) is 0 Å². The van der Waals surface area contributed by atoms with Crippen molar-refractivity contribution in [2.24, 2.45) is 0 Å². The third kappa shape index (κ3) is 6.29. The molecule has 2 aromatic heterocycles. The second kappa shape index (κ2) is 11.6. The minimum atomic E-state index is -0.610. The Hall–Kier alpha value is -3.73. The van der Waals surface area contributed by atoms with E-state index in [4.69, 9.17) is 28.9 Å². The second-order valence-electron chi connectivity index (χ2n) is 10.6. The molecular formula is C31H34N4O5S. The van der Waals surface area contributed by atoms with Crippen molar-refractivity contribution < 1.29 is 23.7 Å². The van der Waals surface area contributed by atoms with Gasteiger partial charge in [-0.25, -0.2) is 0 Å². The van der Waals surface area contributed by atoms with Crippen molar-refractivity contribution in [2.45, 2.75) is 39.1 Å². The first-order valence-corrected chi connectivity index (χ1v) is 14.8. The van der Waals surface area contributed by atoms with Gasteiger partial charge in [0.1, 0.15) is 34.9 Å². The van der Waals surface area contributed by atoms with Crippen molar-refractivity contribution in [3.8, 4) is 17.5 Å². The monoisotopic (exact) mass is 574 g/mol. The molecule has 9 nitrogen and oxygen atoms in total. The maximum Gasteiger partial charge on any atom is 0.319 e. The first-order chi connectivity index (χ1) is 19.9. The average Bonchev–Trinajstić information content (AvgIpc) is 3.58. The molecule has 2 aromatic carbocycles. The summed E-state index contributed by atoms with van der Waals surface area (Å²) < 4.78 is 23.5. The van der Waals surface area contributed by atoms with E-state index in [9.17, 15) is 4.79 Å².